The van der Waals surface area contributed by atoms with Crippen molar-refractivity contribution >= 4 is 0 Å². The smallest absolute Gasteiger partial charge is 0.0377 e. The Kier molecular flexibility index (Phi) is 4.45. The average molecular weight is 306 g/mol. The quantitative estimate of drug-likeness (QED) is 0.915. The Bertz CT molecular complexity index is 610. The van der Waals surface area contributed by atoms with Crippen molar-refractivity contribution in [2.24, 2.45) is 5.92 Å². The van der Waals surface area contributed by atoms with Crippen LogP contribution in [0.15, 0.2) is 54.6 Å². The standard InChI is InChI=1S/C21H26N2/c1-2-5-17(6-3-1)18-9-11-20(12-10-18)21(19-7-4-8-19)23-15-13-22-14-16-23/h1-3,5-6,9-12,19,21-22H,4,7-8,13-16H2/t21-/m1/s1. The first-order chi connectivity index (χ1) is 11.4. The number of hydrogen-bond donors (Lipinski definition) is 1. The molecule has 2 aliphatic rings. The third-order valence-electron chi connectivity index (χ3n) is 5.50. The Balaban J connectivity index is 1.58. The second-order valence-corrected chi connectivity index (χ2v) is 6.91. The molecule has 1 atom stereocenters. The Morgan fingerprint density at radius 1 is 0.826 bits per heavy atom. The van der Waals surface area contributed by atoms with Crippen LogP contribution in [-0.4, -0.2) is 31.1 Å². The van der Waals surface area contributed by atoms with Gasteiger partial charge in [0, 0.05) is 32.2 Å². The SMILES string of the molecule is c1ccc(-c2ccc([C@@H](C3CCC3)N3CCNCC3)cc2)cc1. The van der Waals surface area contributed by atoms with Gasteiger partial charge in [-0.2, -0.15) is 0 Å². The van der Waals surface area contributed by atoms with Gasteiger partial charge >= 0.3 is 0 Å². The van der Waals surface area contributed by atoms with E-state index in [0.29, 0.717) is 6.04 Å². The molecule has 23 heavy (non-hydrogen) atoms. The van der Waals surface area contributed by atoms with Gasteiger partial charge in [0.1, 0.15) is 0 Å². The highest BCUT2D eigenvalue weighted by molar-refractivity contribution is 5.63. The number of nitrogens with one attached hydrogen (secondary N) is 1. The van der Waals surface area contributed by atoms with Crippen molar-refractivity contribution in [1.82, 2.24) is 10.2 Å². The highest BCUT2D eigenvalue weighted by atomic mass is 15.2. The summed E-state index contributed by atoms with van der Waals surface area (Å²) < 4.78 is 0. The van der Waals surface area contributed by atoms with Gasteiger partial charge in [0.15, 0.2) is 0 Å². The molecule has 120 valence electrons. The molecule has 1 aliphatic heterocycles. The molecule has 1 saturated carbocycles. The normalized spacial score (nSPS) is 20.9. The number of benzene rings is 2. The van der Waals surface area contributed by atoms with Gasteiger partial charge in [-0.25, -0.2) is 0 Å². The molecular weight excluding hydrogens is 280 g/mol. The fraction of sp³-hybridized carbons (Fsp3) is 0.429. The molecule has 0 unspecified atom stereocenters. The lowest BCUT2D eigenvalue weighted by atomic mass is 9.76. The predicted molar refractivity (Wildman–Crippen MR) is 96.4 cm³/mol. The molecule has 4 rings (SSSR count). The minimum Gasteiger partial charge on any atom is -0.314 e. The van der Waals surface area contributed by atoms with Crippen LogP contribution in [0.2, 0.25) is 0 Å². The maximum atomic E-state index is 3.48. The van der Waals surface area contributed by atoms with E-state index in [0.717, 1.165) is 19.0 Å². The van der Waals surface area contributed by atoms with E-state index in [9.17, 15) is 0 Å². The molecular formula is C21H26N2. The lowest BCUT2D eigenvalue weighted by Crippen LogP contribution is -2.47. The topological polar surface area (TPSA) is 15.3 Å². The molecule has 1 saturated heterocycles. The zero-order chi connectivity index (χ0) is 15.5. The zero-order valence-corrected chi connectivity index (χ0v) is 13.7. The van der Waals surface area contributed by atoms with Crippen LogP contribution in [0.1, 0.15) is 30.9 Å². The van der Waals surface area contributed by atoms with E-state index < -0.39 is 0 Å². The molecule has 2 nitrogen and oxygen atoms in total. The van der Waals surface area contributed by atoms with Crippen molar-refractivity contribution in [3.63, 3.8) is 0 Å². The molecule has 0 spiro atoms. The molecule has 1 aliphatic carbocycles. The molecule has 2 fully saturated rings. The van der Waals surface area contributed by atoms with E-state index in [1.54, 1.807) is 0 Å². The predicted octanol–water partition coefficient (Wildman–Crippen LogP) is 4.10. The Morgan fingerprint density at radius 3 is 2.09 bits per heavy atom. The Labute approximate surface area is 139 Å². The molecule has 0 aromatic heterocycles. The lowest BCUT2D eigenvalue weighted by Gasteiger charge is -2.43. The van der Waals surface area contributed by atoms with Gasteiger partial charge < -0.3 is 5.32 Å². The van der Waals surface area contributed by atoms with Crippen molar-refractivity contribution in [3.05, 3.63) is 60.2 Å². The molecule has 0 amide bonds. The van der Waals surface area contributed by atoms with Crippen LogP contribution in [0.3, 0.4) is 0 Å². The van der Waals surface area contributed by atoms with Crippen molar-refractivity contribution in [2.45, 2.75) is 25.3 Å². The summed E-state index contributed by atoms with van der Waals surface area (Å²) in [4.78, 5) is 2.71. The van der Waals surface area contributed by atoms with E-state index in [-0.39, 0.29) is 0 Å². The summed E-state index contributed by atoms with van der Waals surface area (Å²) in [6.07, 6.45) is 4.21. The summed E-state index contributed by atoms with van der Waals surface area (Å²) in [6, 6.07) is 20.6. The molecule has 1 heterocycles. The number of nitrogens with zero attached hydrogens (tertiary/aromatic N) is 1. The van der Waals surface area contributed by atoms with Gasteiger partial charge in [0.05, 0.1) is 0 Å². The van der Waals surface area contributed by atoms with E-state index in [2.05, 4.69) is 64.8 Å². The summed E-state index contributed by atoms with van der Waals surface area (Å²) in [7, 11) is 0. The maximum Gasteiger partial charge on any atom is 0.0377 e. The second kappa shape index (κ2) is 6.86. The van der Waals surface area contributed by atoms with Crippen LogP contribution in [0.4, 0.5) is 0 Å². The second-order valence-electron chi connectivity index (χ2n) is 6.91. The third-order valence-corrected chi connectivity index (χ3v) is 5.50. The van der Waals surface area contributed by atoms with Crippen molar-refractivity contribution in [3.8, 4) is 11.1 Å². The number of rotatable bonds is 4. The number of piperazine rings is 1. The van der Waals surface area contributed by atoms with Crippen LogP contribution >= 0.6 is 0 Å². The Hall–Kier alpha value is -1.64. The van der Waals surface area contributed by atoms with Crippen molar-refractivity contribution < 1.29 is 0 Å². The van der Waals surface area contributed by atoms with Crippen LogP contribution in [0.25, 0.3) is 11.1 Å². The van der Waals surface area contributed by atoms with Crippen LogP contribution in [0.5, 0.6) is 0 Å². The van der Waals surface area contributed by atoms with Gasteiger partial charge in [-0.15, -0.1) is 0 Å². The highest BCUT2D eigenvalue weighted by Gasteiger charge is 2.33. The van der Waals surface area contributed by atoms with E-state index in [1.807, 2.05) is 0 Å². The highest BCUT2D eigenvalue weighted by Crippen LogP contribution is 2.41. The first-order valence-corrected chi connectivity index (χ1v) is 9.02. The summed E-state index contributed by atoms with van der Waals surface area (Å²) >= 11 is 0. The van der Waals surface area contributed by atoms with E-state index in [4.69, 9.17) is 0 Å². The van der Waals surface area contributed by atoms with Crippen LogP contribution in [0, 0.1) is 5.92 Å². The van der Waals surface area contributed by atoms with Gasteiger partial charge in [0.2, 0.25) is 0 Å². The molecule has 1 N–H and O–H groups in total. The van der Waals surface area contributed by atoms with Gasteiger partial charge in [-0.05, 0) is 35.4 Å². The van der Waals surface area contributed by atoms with Gasteiger partial charge in [-0.3, -0.25) is 4.90 Å². The largest absolute Gasteiger partial charge is 0.314 e. The maximum absolute atomic E-state index is 3.48. The first kappa shape index (κ1) is 14.9. The summed E-state index contributed by atoms with van der Waals surface area (Å²) in [5, 5.41) is 3.48. The van der Waals surface area contributed by atoms with Gasteiger partial charge in [0.25, 0.3) is 0 Å². The first-order valence-electron chi connectivity index (χ1n) is 9.02. The molecule has 0 bridgehead atoms. The monoisotopic (exact) mass is 306 g/mol. The van der Waals surface area contributed by atoms with E-state index in [1.165, 1.54) is 49.0 Å². The minimum atomic E-state index is 0.621. The summed E-state index contributed by atoms with van der Waals surface area (Å²) in [6.45, 7) is 4.62. The van der Waals surface area contributed by atoms with Gasteiger partial charge in [-0.1, -0.05) is 61.0 Å². The lowest BCUT2D eigenvalue weighted by molar-refractivity contribution is 0.0837. The zero-order valence-electron chi connectivity index (χ0n) is 13.7. The molecule has 2 heteroatoms. The van der Waals surface area contributed by atoms with Crippen LogP contribution in [-0.2, 0) is 0 Å². The van der Waals surface area contributed by atoms with E-state index >= 15 is 0 Å². The average Bonchev–Trinajstić information content (AvgIpc) is 2.60. The molecule has 2 aromatic carbocycles. The summed E-state index contributed by atoms with van der Waals surface area (Å²) in [5.74, 6) is 0.857. The van der Waals surface area contributed by atoms with Crippen molar-refractivity contribution in [1.29, 1.82) is 0 Å². The minimum absolute atomic E-state index is 0.621. The number of hydrogen-bond acceptors (Lipinski definition) is 2. The van der Waals surface area contributed by atoms with Crippen LogP contribution < -0.4 is 5.32 Å². The molecule has 2 aromatic rings. The fourth-order valence-corrected chi connectivity index (χ4v) is 4.00. The molecule has 0 radical (unpaired) electrons. The Morgan fingerprint density at radius 2 is 1.48 bits per heavy atom. The summed E-state index contributed by atoms with van der Waals surface area (Å²) in [5.41, 5.74) is 4.14. The van der Waals surface area contributed by atoms with Crippen molar-refractivity contribution in [2.75, 3.05) is 26.2 Å². The fourth-order valence-electron chi connectivity index (χ4n) is 4.00. The third kappa shape index (κ3) is 3.19.